The number of amides is 1. The van der Waals surface area contributed by atoms with Crippen LogP contribution in [-0.2, 0) is 0 Å². The second kappa shape index (κ2) is 7.36. The molecule has 1 aliphatic heterocycles. The summed E-state index contributed by atoms with van der Waals surface area (Å²) in [7, 11) is 3.17. The highest BCUT2D eigenvalue weighted by Gasteiger charge is 2.29. The Morgan fingerprint density at radius 3 is 2.38 bits per heavy atom. The van der Waals surface area contributed by atoms with Gasteiger partial charge in [0.2, 0.25) is 0 Å². The molecule has 0 aliphatic carbocycles. The number of hydrogen-bond acceptors (Lipinski definition) is 4. The molecule has 1 unspecified atom stereocenters. The fourth-order valence-corrected chi connectivity index (χ4v) is 3.02. The number of methoxy groups -OCH3 is 2. The molecule has 1 N–H and O–H groups in total. The van der Waals surface area contributed by atoms with Gasteiger partial charge in [0, 0.05) is 31.3 Å². The maximum Gasteiger partial charge on any atom is 0.254 e. The van der Waals surface area contributed by atoms with E-state index in [2.05, 4.69) is 17.4 Å². The predicted molar refractivity (Wildman–Crippen MR) is 92.6 cm³/mol. The molecule has 5 heteroatoms. The fraction of sp³-hybridized carbons (Fsp3) is 0.316. The minimum atomic E-state index is -0.0115. The normalized spacial score (nSPS) is 17.4. The molecule has 1 heterocycles. The SMILES string of the molecule is COc1cc(OC)cc(C(=O)N2CCNCC2c2ccccc2)c1. The number of nitrogens with one attached hydrogen (secondary N) is 1. The zero-order valence-corrected chi connectivity index (χ0v) is 14.0. The summed E-state index contributed by atoms with van der Waals surface area (Å²) < 4.78 is 10.6. The van der Waals surface area contributed by atoms with E-state index in [1.807, 2.05) is 23.1 Å². The van der Waals surface area contributed by atoms with E-state index in [4.69, 9.17) is 9.47 Å². The van der Waals surface area contributed by atoms with E-state index in [-0.39, 0.29) is 11.9 Å². The number of carbonyl (C=O) groups is 1. The maximum atomic E-state index is 13.1. The first-order valence-electron chi connectivity index (χ1n) is 8.02. The Kier molecular flexibility index (Phi) is 5.01. The van der Waals surface area contributed by atoms with Crippen LogP contribution in [0.4, 0.5) is 0 Å². The Bertz CT molecular complexity index is 681. The maximum absolute atomic E-state index is 13.1. The van der Waals surface area contributed by atoms with Crippen LogP contribution in [0.3, 0.4) is 0 Å². The standard InChI is InChI=1S/C19H22N2O3/c1-23-16-10-15(11-17(12-16)24-2)19(22)21-9-8-20-13-18(21)14-6-4-3-5-7-14/h3-7,10-12,18,20H,8-9,13H2,1-2H3. The van der Waals surface area contributed by atoms with Crippen LogP contribution in [0.2, 0.25) is 0 Å². The Morgan fingerprint density at radius 2 is 1.75 bits per heavy atom. The lowest BCUT2D eigenvalue weighted by Crippen LogP contribution is -2.48. The molecule has 0 saturated carbocycles. The number of nitrogens with zero attached hydrogens (tertiary/aromatic N) is 1. The smallest absolute Gasteiger partial charge is 0.254 e. The third kappa shape index (κ3) is 3.36. The summed E-state index contributed by atoms with van der Waals surface area (Å²) in [5.74, 6) is 1.22. The van der Waals surface area contributed by atoms with Gasteiger partial charge in [0.15, 0.2) is 0 Å². The van der Waals surface area contributed by atoms with Gasteiger partial charge in [-0.15, -0.1) is 0 Å². The van der Waals surface area contributed by atoms with Crippen molar-refractivity contribution >= 4 is 5.91 Å². The molecule has 2 aromatic carbocycles. The summed E-state index contributed by atoms with van der Waals surface area (Å²) >= 11 is 0. The molecule has 24 heavy (non-hydrogen) atoms. The molecule has 1 saturated heterocycles. The average Bonchev–Trinajstić information content (AvgIpc) is 2.67. The Morgan fingerprint density at radius 1 is 1.08 bits per heavy atom. The summed E-state index contributed by atoms with van der Waals surface area (Å²) in [5.41, 5.74) is 1.71. The van der Waals surface area contributed by atoms with Crippen molar-refractivity contribution in [3.63, 3.8) is 0 Å². The predicted octanol–water partition coefficient (Wildman–Crippen LogP) is 2.49. The van der Waals surface area contributed by atoms with Crippen molar-refractivity contribution in [2.45, 2.75) is 6.04 Å². The number of rotatable bonds is 4. The van der Waals surface area contributed by atoms with Crippen molar-refractivity contribution in [1.82, 2.24) is 10.2 Å². The average molecular weight is 326 g/mol. The minimum absolute atomic E-state index is 0.0115. The van der Waals surface area contributed by atoms with Crippen molar-refractivity contribution < 1.29 is 14.3 Å². The van der Waals surface area contributed by atoms with Gasteiger partial charge < -0.3 is 19.7 Å². The van der Waals surface area contributed by atoms with E-state index in [1.54, 1.807) is 32.4 Å². The number of benzene rings is 2. The molecule has 2 aromatic rings. The van der Waals surface area contributed by atoms with Crippen molar-refractivity contribution in [2.75, 3.05) is 33.9 Å². The van der Waals surface area contributed by atoms with Gasteiger partial charge in [-0.25, -0.2) is 0 Å². The van der Waals surface area contributed by atoms with Crippen molar-refractivity contribution in [3.8, 4) is 11.5 Å². The Labute approximate surface area is 142 Å². The van der Waals surface area contributed by atoms with Crippen LogP contribution in [0.15, 0.2) is 48.5 Å². The van der Waals surface area contributed by atoms with Crippen LogP contribution in [0.5, 0.6) is 11.5 Å². The van der Waals surface area contributed by atoms with Crippen molar-refractivity contribution in [2.24, 2.45) is 0 Å². The third-order valence-electron chi connectivity index (χ3n) is 4.29. The molecular weight excluding hydrogens is 304 g/mol. The number of carbonyl (C=O) groups excluding carboxylic acids is 1. The molecule has 0 radical (unpaired) electrons. The summed E-state index contributed by atoms with van der Waals surface area (Å²) in [6.45, 7) is 2.20. The van der Waals surface area contributed by atoms with Crippen molar-refractivity contribution in [1.29, 1.82) is 0 Å². The van der Waals surface area contributed by atoms with E-state index in [0.29, 0.717) is 23.6 Å². The first-order chi connectivity index (χ1) is 11.7. The molecule has 126 valence electrons. The van der Waals surface area contributed by atoms with Gasteiger partial charge in [-0.1, -0.05) is 30.3 Å². The highest BCUT2D eigenvalue weighted by molar-refractivity contribution is 5.95. The first-order valence-corrected chi connectivity index (χ1v) is 8.02. The minimum Gasteiger partial charge on any atom is -0.497 e. The highest BCUT2D eigenvalue weighted by atomic mass is 16.5. The lowest BCUT2D eigenvalue weighted by molar-refractivity contribution is 0.0633. The van der Waals surface area contributed by atoms with Gasteiger partial charge >= 0.3 is 0 Å². The molecule has 1 atom stereocenters. The third-order valence-corrected chi connectivity index (χ3v) is 4.29. The summed E-state index contributed by atoms with van der Waals surface area (Å²) in [4.78, 5) is 15.0. The van der Waals surface area contributed by atoms with Crippen LogP contribution < -0.4 is 14.8 Å². The number of piperazine rings is 1. The quantitative estimate of drug-likeness (QED) is 0.938. The van der Waals surface area contributed by atoms with Gasteiger partial charge in [-0.2, -0.15) is 0 Å². The van der Waals surface area contributed by atoms with E-state index in [9.17, 15) is 4.79 Å². The van der Waals surface area contributed by atoms with Gasteiger partial charge in [0.25, 0.3) is 5.91 Å². The zero-order valence-electron chi connectivity index (χ0n) is 14.0. The topological polar surface area (TPSA) is 50.8 Å². The molecule has 1 amide bonds. The van der Waals surface area contributed by atoms with Crippen molar-refractivity contribution in [3.05, 3.63) is 59.7 Å². The van der Waals surface area contributed by atoms with Crippen LogP contribution in [-0.4, -0.2) is 44.7 Å². The van der Waals surface area contributed by atoms with Gasteiger partial charge in [-0.05, 0) is 17.7 Å². The summed E-state index contributed by atoms with van der Waals surface area (Å²) in [6, 6.07) is 15.4. The lowest BCUT2D eigenvalue weighted by Gasteiger charge is -2.36. The zero-order chi connectivity index (χ0) is 16.9. The van der Waals surface area contributed by atoms with Crippen LogP contribution in [0.25, 0.3) is 0 Å². The van der Waals surface area contributed by atoms with Gasteiger partial charge in [-0.3, -0.25) is 4.79 Å². The molecular formula is C19H22N2O3. The van der Waals surface area contributed by atoms with E-state index < -0.39 is 0 Å². The van der Waals surface area contributed by atoms with E-state index >= 15 is 0 Å². The van der Waals surface area contributed by atoms with Gasteiger partial charge in [0.1, 0.15) is 11.5 Å². The number of ether oxygens (including phenoxy) is 2. The summed E-state index contributed by atoms with van der Waals surface area (Å²) in [6.07, 6.45) is 0. The molecule has 0 aromatic heterocycles. The lowest BCUT2D eigenvalue weighted by atomic mass is 10.0. The Balaban J connectivity index is 1.92. The molecule has 5 nitrogen and oxygen atoms in total. The molecule has 1 aliphatic rings. The molecule has 0 spiro atoms. The molecule has 3 rings (SSSR count). The number of hydrogen-bond donors (Lipinski definition) is 1. The monoisotopic (exact) mass is 326 g/mol. The van der Waals surface area contributed by atoms with Crippen LogP contribution >= 0.6 is 0 Å². The second-order valence-corrected chi connectivity index (χ2v) is 5.73. The molecule has 0 bridgehead atoms. The van der Waals surface area contributed by atoms with Crippen LogP contribution in [0, 0.1) is 0 Å². The fourth-order valence-electron chi connectivity index (χ4n) is 3.02. The van der Waals surface area contributed by atoms with Gasteiger partial charge in [0.05, 0.1) is 20.3 Å². The highest BCUT2D eigenvalue weighted by Crippen LogP contribution is 2.28. The molecule has 1 fully saturated rings. The van der Waals surface area contributed by atoms with E-state index in [0.717, 1.165) is 18.7 Å². The Hall–Kier alpha value is -2.53. The summed E-state index contributed by atoms with van der Waals surface area (Å²) in [5, 5.41) is 3.37. The second-order valence-electron chi connectivity index (χ2n) is 5.73. The van der Waals surface area contributed by atoms with Crippen LogP contribution in [0.1, 0.15) is 22.0 Å². The van der Waals surface area contributed by atoms with E-state index in [1.165, 1.54) is 0 Å². The first kappa shape index (κ1) is 16.3. The largest absolute Gasteiger partial charge is 0.497 e.